The van der Waals surface area contributed by atoms with Crippen molar-refractivity contribution in [2.45, 2.75) is 109 Å². The van der Waals surface area contributed by atoms with E-state index in [1.807, 2.05) is 6.92 Å². The predicted molar refractivity (Wildman–Crippen MR) is 130 cm³/mol. The van der Waals surface area contributed by atoms with Crippen LogP contribution in [0.25, 0.3) is 0 Å². The van der Waals surface area contributed by atoms with E-state index in [-0.39, 0.29) is 12.8 Å². The van der Waals surface area contributed by atoms with Crippen LogP contribution in [-0.2, 0) is 32.7 Å². The van der Waals surface area contributed by atoms with Gasteiger partial charge in [-0.05, 0) is 12.8 Å². The van der Waals surface area contributed by atoms with Crippen LogP contribution in [0.5, 0.6) is 0 Å². The molecule has 0 aromatic heterocycles. The van der Waals surface area contributed by atoms with Crippen LogP contribution < -0.4 is 5.32 Å². The number of carboxylic acid groups (broad SMARTS) is 1. The van der Waals surface area contributed by atoms with Crippen molar-refractivity contribution >= 4 is 25.7 Å². The lowest BCUT2D eigenvalue weighted by Crippen LogP contribution is -2.43. The summed E-state index contributed by atoms with van der Waals surface area (Å²) in [4.78, 5) is 44.6. The summed E-state index contributed by atoms with van der Waals surface area (Å²) in [7, 11) is -4.71. The molecule has 0 heterocycles. The smallest absolute Gasteiger partial charge is 0.472 e. The summed E-state index contributed by atoms with van der Waals surface area (Å²) in [6.07, 6.45) is 9.80. The first kappa shape index (κ1) is 33.5. The maximum absolute atomic E-state index is 12.0. The van der Waals surface area contributed by atoms with Crippen molar-refractivity contribution in [3.8, 4) is 0 Å². The molecule has 0 saturated carbocycles. The topological polar surface area (TPSA) is 169 Å². The fourth-order valence-electron chi connectivity index (χ4n) is 3.08. The van der Waals surface area contributed by atoms with E-state index in [0.717, 1.165) is 38.5 Å². The number of nitrogens with one attached hydrogen (secondary N) is 1. The summed E-state index contributed by atoms with van der Waals surface area (Å²) >= 11 is 0. The molecule has 0 aliphatic heterocycles. The molecule has 206 valence electrons. The molecule has 0 spiro atoms. The fraction of sp³-hybridized carbons (Fsp3) is 0.870. The number of carbonyl (C=O) groups is 3. The summed E-state index contributed by atoms with van der Waals surface area (Å²) in [5, 5.41) is 21.3. The number of amides is 1. The van der Waals surface area contributed by atoms with Gasteiger partial charge in [-0.25, -0.2) is 9.36 Å². The average Bonchev–Trinajstić information content (AvgIpc) is 2.81. The van der Waals surface area contributed by atoms with Gasteiger partial charge in [0, 0.05) is 12.8 Å². The number of phosphoric acid groups is 1. The molecule has 12 heteroatoms. The Kier molecular flexibility index (Phi) is 19.8. The van der Waals surface area contributed by atoms with Crippen molar-refractivity contribution in [3.63, 3.8) is 0 Å². The van der Waals surface area contributed by atoms with Crippen LogP contribution in [0.2, 0.25) is 0 Å². The first-order valence-corrected chi connectivity index (χ1v) is 14.1. The van der Waals surface area contributed by atoms with Gasteiger partial charge >= 0.3 is 19.8 Å². The van der Waals surface area contributed by atoms with Gasteiger partial charge < -0.3 is 25.2 Å². The van der Waals surface area contributed by atoms with Crippen LogP contribution in [0.3, 0.4) is 0 Å². The van der Waals surface area contributed by atoms with Crippen molar-refractivity contribution in [2.24, 2.45) is 0 Å². The molecule has 0 aromatic carbocycles. The van der Waals surface area contributed by atoms with Crippen LogP contribution in [0.1, 0.15) is 97.3 Å². The normalized spacial score (nSPS) is 14.6. The number of carbonyl (C=O) groups excluding carboxylic acids is 2. The summed E-state index contributed by atoms with van der Waals surface area (Å²) < 4.78 is 26.2. The van der Waals surface area contributed by atoms with Gasteiger partial charge in [0.25, 0.3) is 0 Å². The zero-order valence-electron chi connectivity index (χ0n) is 21.1. The molecule has 0 aromatic rings. The first-order chi connectivity index (χ1) is 16.6. The summed E-state index contributed by atoms with van der Waals surface area (Å²) in [5.41, 5.74) is 0. The highest BCUT2D eigenvalue weighted by Crippen LogP contribution is 2.43. The highest BCUT2D eigenvalue weighted by Gasteiger charge is 2.28. The maximum atomic E-state index is 12.0. The minimum absolute atomic E-state index is 0.140. The number of carboxylic acids is 1. The molecule has 11 nitrogen and oxygen atoms in total. The zero-order chi connectivity index (χ0) is 26.5. The van der Waals surface area contributed by atoms with Crippen molar-refractivity contribution in [3.05, 3.63) is 0 Å². The van der Waals surface area contributed by atoms with Crippen LogP contribution >= 0.6 is 7.82 Å². The van der Waals surface area contributed by atoms with Crippen molar-refractivity contribution in [1.82, 2.24) is 5.32 Å². The van der Waals surface area contributed by atoms with Gasteiger partial charge in [0.2, 0.25) is 5.91 Å². The van der Waals surface area contributed by atoms with Gasteiger partial charge in [-0.1, -0.05) is 71.6 Å². The summed E-state index contributed by atoms with van der Waals surface area (Å²) in [6, 6.07) is -1.53. The second-order valence-corrected chi connectivity index (χ2v) is 9.99. The van der Waals surface area contributed by atoms with Crippen LogP contribution in [0.4, 0.5) is 0 Å². The lowest BCUT2D eigenvalue weighted by Gasteiger charge is -2.18. The third kappa shape index (κ3) is 20.4. The Balaban J connectivity index is 4.14. The number of aliphatic carboxylic acids is 1. The molecule has 0 radical (unpaired) electrons. The summed E-state index contributed by atoms with van der Waals surface area (Å²) in [5.74, 6) is -2.41. The van der Waals surface area contributed by atoms with Crippen LogP contribution in [0.15, 0.2) is 0 Å². The molecule has 0 rings (SSSR count). The van der Waals surface area contributed by atoms with Gasteiger partial charge in [-0.2, -0.15) is 0 Å². The zero-order valence-corrected chi connectivity index (χ0v) is 22.0. The van der Waals surface area contributed by atoms with E-state index in [1.54, 1.807) is 0 Å². The number of unbranched alkanes of at least 4 members (excludes halogenated alkanes) is 9. The molecule has 0 fully saturated rings. The third-order valence-electron chi connectivity index (χ3n) is 5.15. The van der Waals surface area contributed by atoms with E-state index in [9.17, 15) is 34.1 Å². The van der Waals surface area contributed by atoms with Gasteiger partial charge in [-0.15, -0.1) is 0 Å². The van der Waals surface area contributed by atoms with Crippen molar-refractivity contribution < 1.29 is 47.8 Å². The minimum Gasteiger partial charge on any atom is -0.480 e. The molecular formula is C23H44NO10P. The Morgan fingerprint density at radius 3 is 1.91 bits per heavy atom. The van der Waals surface area contributed by atoms with Gasteiger partial charge in [0.1, 0.15) is 12.7 Å². The Hall–Kier alpha value is -1.52. The molecule has 0 bridgehead atoms. The van der Waals surface area contributed by atoms with E-state index in [1.165, 1.54) is 19.3 Å². The Morgan fingerprint density at radius 2 is 1.31 bits per heavy atom. The Labute approximate surface area is 208 Å². The molecule has 0 aliphatic carbocycles. The number of phosphoric ester groups is 1. The molecule has 4 N–H and O–H groups in total. The molecule has 35 heavy (non-hydrogen) atoms. The lowest BCUT2D eigenvalue weighted by molar-refractivity contribution is -0.147. The third-order valence-corrected chi connectivity index (χ3v) is 6.10. The fourth-order valence-corrected chi connectivity index (χ4v) is 3.85. The highest BCUT2D eigenvalue weighted by molar-refractivity contribution is 7.47. The number of aliphatic hydroxyl groups excluding tert-OH is 1. The molecule has 0 aliphatic rings. The molecule has 1 amide bonds. The van der Waals surface area contributed by atoms with Crippen molar-refractivity contribution in [2.75, 3.05) is 19.8 Å². The molecular weight excluding hydrogens is 481 g/mol. The number of rotatable bonds is 23. The minimum atomic E-state index is -4.71. The number of hydrogen-bond donors (Lipinski definition) is 4. The Bertz CT molecular complexity index is 646. The van der Waals surface area contributed by atoms with Crippen LogP contribution in [-0.4, -0.2) is 64.9 Å². The molecule has 3 atom stereocenters. The van der Waals surface area contributed by atoms with Gasteiger partial charge in [0.15, 0.2) is 6.04 Å². The number of aliphatic hydroxyl groups is 1. The quantitative estimate of drug-likeness (QED) is 0.0876. The van der Waals surface area contributed by atoms with E-state index in [4.69, 9.17) is 4.74 Å². The van der Waals surface area contributed by atoms with E-state index in [0.29, 0.717) is 12.8 Å². The molecule has 0 saturated heterocycles. The Morgan fingerprint density at radius 1 is 0.800 bits per heavy atom. The molecule has 3 unspecified atom stereocenters. The number of esters is 1. The van der Waals surface area contributed by atoms with Gasteiger partial charge in [-0.3, -0.25) is 18.6 Å². The second-order valence-electron chi connectivity index (χ2n) is 8.54. The lowest BCUT2D eigenvalue weighted by atomic mass is 10.1. The van der Waals surface area contributed by atoms with Crippen LogP contribution in [0, 0.1) is 0 Å². The predicted octanol–water partition coefficient (Wildman–Crippen LogP) is 3.70. The number of hydrogen-bond acceptors (Lipinski definition) is 8. The first-order valence-electron chi connectivity index (χ1n) is 12.6. The average molecular weight is 526 g/mol. The van der Waals surface area contributed by atoms with E-state index in [2.05, 4.69) is 21.3 Å². The monoisotopic (exact) mass is 525 g/mol. The SMILES string of the molecule is CCCCCCCCCC(=O)OCC(O)COP(=O)(O)OCC(NC(=O)CCCCCC)C(=O)O. The maximum Gasteiger partial charge on any atom is 0.472 e. The van der Waals surface area contributed by atoms with Crippen molar-refractivity contribution in [1.29, 1.82) is 0 Å². The van der Waals surface area contributed by atoms with E-state index >= 15 is 0 Å². The summed E-state index contributed by atoms with van der Waals surface area (Å²) in [6.45, 7) is 2.29. The largest absolute Gasteiger partial charge is 0.480 e. The van der Waals surface area contributed by atoms with E-state index < -0.39 is 57.6 Å². The second kappa shape index (κ2) is 20.7. The van der Waals surface area contributed by atoms with Gasteiger partial charge in [0.05, 0.1) is 13.2 Å². The number of ether oxygens (including phenoxy) is 1. The standard InChI is InChI=1S/C23H44NO10P/c1-3-5-7-9-10-11-13-15-22(27)32-16-19(25)17-33-35(30,31)34-18-20(23(28)29)24-21(26)14-12-8-6-4-2/h19-20,25H,3-18H2,1-2H3,(H,24,26)(H,28,29)(H,30,31). The highest BCUT2D eigenvalue weighted by atomic mass is 31.2.